The van der Waals surface area contributed by atoms with Gasteiger partial charge in [0, 0.05) is 32.7 Å². The fourth-order valence-electron chi connectivity index (χ4n) is 3.87. The van der Waals surface area contributed by atoms with Crippen LogP contribution in [0.2, 0.25) is 0 Å². The average molecular weight is 400 g/mol. The second kappa shape index (κ2) is 11.0. The molecule has 2 aliphatic rings. The highest BCUT2D eigenvalue weighted by atomic mass is 16.2. The summed E-state index contributed by atoms with van der Waals surface area (Å²) in [5.74, 6) is 0.480. The zero-order valence-electron chi connectivity index (χ0n) is 17.5. The van der Waals surface area contributed by atoms with Gasteiger partial charge in [0.05, 0.1) is 11.1 Å². The molecule has 0 unspecified atom stereocenters. The Labute approximate surface area is 173 Å². The summed E-state index contributed by atoms with van der Waals surface area (Å²) in [6.07, 6.45) is 5.55. The standard InChI is InChI=1S/C22H33N5O2/c1-2-23-22(25-13-17-26-14-7-3-8-15-26)24-12-6-9-16-27-20(28)18-10-4-5-11-19(18)21(27)29/h4-5,10-11H,2-3,6-9,12-17H2,1H3,(H2,23,24,25). The number of unbranched alkanes of at least 4 members (excludes halogenated alkanes) is 1. The Bertz CT molecular complexity index is 693. The molecule has 0 atom stereocenters. The number of hydrogen-bond donors (Lipinski definition) is 2. The Balaban J connectivity index is 1.37. The zero-order chi connectivity index (χ0) is 20.5. The molecule has 1 aromatic rings. The maximum Gasteiger partial charge on any atom is 0.261 e. The van der Waals surface area contributed by atoms with Crippen molar-refractivity contribution in [2.75, 3.05) is 45.8 Å². The average Bonchev–Trinajstić information content (AvgIpc) is 2.99. The Morgan fingerprint density at radius 1 is 0.966 bits per heavy atom. The lowest BCUT2D eigenvalue weighted by molar-refractivity contribution is 0.0652. The molecule has 158 valence electrons. The van der Waals surface area contributed by atoms with Crippen molar-refractivity contribution in [1.82, 2.24) is 20.4 Å². The Hall–Kier alpha value is -2.41. The van der Waals surface area contributed by atoms with Crippen LogP contribution in [0.25, 0.3) is 0 Å². The highest BCUT2D eigenvalue weighted by Crippen LogP contribution is 2.22. The van der Waals surface area contributed by atoms with Gasteiger partial charge in [-0.15, -0.1) is 0 Å². The lowest BCUT2D eigenvalue weighted by Crippen LogP contribution is -2.42. The van der Waals surface area contributed by atoms with Crippen LogP contribution in [-0.4, -0.2) is 73.4 Å². The van der Waals surface area contributed by atoms with E-state index in [1.807, 2.05) is 0 Å². The second-order valence-electron chi connectivity index (χ2n) is 7.60. The molecule has 1 fully saturated rings. The molecule has 0 aromatic heterocycles. The summed E-state index contributed by atoms with van der Waals surface area (Å²) < 4.78 is 0. The summed E-state index contributed by atoms with van der Waals surface area (Å²) in [5.41, 5.74) is 1.03. The third-order valence-corrected chi connectivity index (χ3v) is 5.45. The van der Waals surface area contributed by atoms with E-state index >= 15 is 0 Å². The predicted molar refractivity (Wildman–Crippen MR) is 115 cm³/mol. The van der Waals surface area contributed by atoms with Crippen LogP contribution in [-0.2, 0) is 0 Å². The molecule has 2 heterocycles. The Morgan fingerprint density at radius 3 is 2.31 bits per heavy atom. The molecular formula is C22H33N5O2. The van der Waals surface area contributed by atoms with Gasteiger partial charge in [0.15, 0.2) is 5.96 Å². The number of carbonyl (C=O) groups excluding carboxylic acids is 2. The lowest BCUT2D eigenvalue weighted by Gasteiger charge is -2.26. The van der Waals surface area contributed by atoms with Gasteiger partial charge in [0.1, 0.15) is 0 Å². The molecule has 7 nitrogen and oxygen atoms in total. The van der Waals surface area contributed by atoms with Crippen LogP contribution in [0.3, 0.4) is 0 Å². The quantitative estimate of drug-likeness (QED) is 0.288. The normalized spacial score (nSPS) is 17.6. The minimum Gasteiger partial charge on any atom is -0.357 e. The topological polar surface area (TPSA) is 77.0 Å². The number of imide groups is 1. The number of aliphatic imine (C=N–C) groups is 1. The van der Waals surface area contributed by atoms with Gasteiger partial charge in [0.25, 0.3) is 11.8 Å². The minimum absolute atomic E-state index is 0.179. The van der Waals surface area contributed by atoms with Crippen molar-refractivity contribution in [3.05, 3.63) is 35.4 Å². The molecule has 1 aromatic carbocycles. The van der Waals surface area contributed by atoms with Crippen molar-refractivity contribution in [2.45, 2.75) is 39.0 Å². The molecule has 2 amide bonds. The molecule has 29 heavy (non-hydrogen) atoms. The number of guanidine groups is 1. The number of nitrogens with one attached hydrogen (secondary N) is 2. The summed E-state index contributed by atoms with van der Waals surface area (Å²) in [6.45, 7) is 8.34. The van der Waals surface area contributed by atoms with Crippen LogP contribution in [0.1, 0.15) is 59.7 Å². The van der Waals surface area contributed by atoms with Gasteiger partial charge in [-0.1, -0.05) is 18.6 Å². The maximum atomic E-state index is 12.4. The molecule has 2 aliphatic heterocycles. The first-order valence-electron chi connectivity index (χ1n) is 10.9. The first kappa shape index (κ1) is 21.3. The number of nitrogens with zero attached hydrogens (tertiary/aromatic N) is 3. The molecule has 0 aliphatic carbocycles. The molecule has 0 saturated carbocycles. The highest BCUT2D eigenvalue weighted by Gasteiger charge is 2.34. The third kappa shape index (κ3) is 5.79. The van der Waals surface area contributed by atoms with Crippen LogP contribution in [0.15, 0.2) is 29.3 Å². The van der Waals surface area contributed by atoms with Crippen molar-refractivity contribution in [3.63, 3.8) is 0 Å². The number of rotatable bonds is 9. The van der Waals surface area contributed by atoms with Crippen molar-refractivity contribution in [1.29, 1.82) is 0 Å². The van der Waals surface area contributed by atoms with Gasteiger partial charge in [-0.25, -0.2) is 0 Å². The van der Waals surface area contributed by atoms with Crippen LogP contribution in [0.5, 0.6) is 0 Å². The van der Waals surface area contributed by atoms with E-state index in [1.54, 1.807) is 24.3 Å². The second-order valence-corrected chi connectivity index (χ2v) is 7.60. The van der Waals surface area contributed by atoms with E-state index in [2.05, 4.69) is 27.4 Å². The maximum absolute atomic E-state index is 12.4. The molecule has 0 bridgehead atoms. The van der Waals surface area contributed by atoms with Crippen LogP contribution in [0, 0.1) is 0 Å². The molecule has 0 spiro atoms. The summed E-state index contributed by atoms with van der Waals surface area (Å²) in [4.78, 5) is 33.2. The van der Waals surface area contributed by atoms with Crippen molar-refractivity contribution >= 4 is 17.8 Å². The summed E-state index contributed by atoms with van der Waals surface area (Å²) in [7, 11) is 0. The van der Waals surface area contributed by atoms with Crippen molar-refractivity contribution < 1.29 is 9.59 Å². The SMILES string of the molecule is CCNC(=NCCCCN1C(=O)c2ccccc2C1=O)NCCN1CCCCC1. The Morgan fingerprint density at radius 2 is 1.66 bits per heavy atom. The summed E-state index contributed by atoms with van der Waals surface area (Å²) >= 11 is 0. The molecule has 2 N–H and O–H groups in total. The molecule has 7 heteroatoms. The Kier molecular flexibility index (Phi) is 8.04. The first-order chi connectivity index (χ1) is 14.2. The molecule has 0 radical (unpaired) electrons. The van der Waals surface area contributed by atoms with Crippen molar-refractivity contribution in [2.24, 2.45) is 4.99 Å². The number of fused-ring (bicyclic) bond motifs is 1. The van der Waals surface area contributed by atoms with E-state index in [1.165, 1.54) is 37.3 Å². The lowest BCUT2D eigenvalue weighted by atomic mass is 10.1. The van der Waals surface area contributed by atoms with Gasteiger partial charge in [-0.3, -0.25) is 19.5 Å². The van der Waals surface area contributed by atoms with Gasteiger partial charge in [-0.2, -0.15) is 0 Å². The van der Waals surface area contributed by atoms with Crippen molar-refractivity contribution in [3.8, 4) is 0 Å². The fourth-order valence-corrected chi connectivity index (χ4v) is 3.87. The van der Waals surface area contributed by atoms with Gasteiger partial charge >= 0.3 is 0 Å². The number of piperidine rings is 1. The third-order valence-electron chi connectivity index (χ3n) is 5.45. The van der Waals surface area contributed by atoms with E-state index in [4.69, 9.17) is 0 Å². The first-order valence-corrected chi connectivity index (χ1v) is 10.9. The van der Waals surface area contributed by atoms with E-state index in [0.717, 1.165) is 38.4 Å². The van der Waals surface area contributed by atoms with Crippen LogP contribution in [0.4, 0.5) is 0 Å². The number of likely N-dealkylation sites (tertiary alicyclic amines) is 1. The number of hydrogen-bond acceptors (Lipinski definition) is 4. The smallest absolute Gasteiger partial charge is 0.261 e. The number of carbonyl (C=O) groups is 2. The largest absolute Gasteiger partial charge is 0.357 e. The van der Waals surface area contributed by atoms with Crippen LogP contribution >= 0.6 is 0 Å². The fraction of sp³-hybridized carbons (Fsp3) is 0.591. The summed E-state index contributed by atoms with van der Waals surface area (Å²) in [5, 5.41) is 6.68. The van der Waals surface area contributed by atoms with E-state index in [0.29, 0.717) is 24.2 Å². The molecule has 3 rings (SSSR count). The predicted octanol–water partition coefficient (Wildman–Crippen LogP) is 2.10. The van der Waals surface area contributed by atoms with E-state index in [9.17, 15) is 9.59 Å². The van der Waals surface area contributed by atoms with Gasteiger partial charge < -0.3 is 15.5 Å². The van der Waals surface area contributed by atoms with Crippen LogP contribution < -0.4 is 10.6 Å². The minimum atomic E-state index is -0.179. The van der Waals surface area contributed by atoms with E-state index in [-0.39, 0.29) is 11.8 Å². The van der Waals surface area contributed by atoms with E-state index < -0.39 is 0 Å². The highest BCUT2D eigenvalue weighted by molar-refractivity contribution is 6.21. The number of amides is 2. The molecular weight excluding hydrogens is 366 g/mol. The molecule has 1 saturated heterocycles. The summed E-state index contributed by atoms with van der Waals surface area (Å²) in [6, 6.07) is 7.03. The van der Waals surface area contributed by atoms with Gasteiger partial charge in [-0.05, 0) is 57.8 Å². The number of benzene rings is 1. The van der Waals surface area contributed by atoms with Gasteiger partial charge in [0.2, 0.25) is 0 Å². The monoisotopic (exact) mass is 399 g/mol. The zero-order valence-corrected chi connectivity index (χ0v) is 17.5.